The van der Waals surface area contributed by atoms with E-state index in [1.807, 2.05) is 72.8 Å². The van der Waals surface area contributed by atoms with E-state index in [4.69, 9.17) is 15.0 Å². The summed E-state index contributed by atoms with van der Waals surface area (Å²) < 4.78 is 6.51. The molecule has 9 aromatic carbocycles. The van der Waals surface area contributed by atoms with Gasteiger partial charge in [0.15, 0.2) is 29.0 Å². The van der Waals surface area contributed by atoms with Crippen LogP contribution in [0.1, 0.15) is 0 Å². The molecule has 0 bridgehead atoms. The maximum Gasteiger partial charge on any atom is 0.208 e. The SMILES string of the molecule is Oc1c(O)c(O)c(-c2ccc3c4ccccc4n(-c4cccc5sc6cccc(-c7nc(-c8ccccc8)nc(-c8ccc9c%10ccccc%10n(-c%10ccccc%10)c9c8)n7)c6c45)c3c2)c(O)c1O. The van der Waals surface area contributed by atoms with Gasteiger partial charge in [0.2, 0.25) is 17.2 Å². The largest absolute Gasteiger partial charge is 0.504 e. The van der Waals surface area contributed by atoms with Crippen molar-refractivity contribution in [3.63, 3.8) is 0 Å². The van der Waals surface area contributed by atoms with Crippen LogP contribution in [0.2, 0.25) is 0 Å². The van der Waals surface area contributed by atoms with Crippen LogP contribution in [0.3, 0.4) is 0 Å². The summed E-state index contributed by atoms with van der Waals surface area (Å²) in [7, 11) is 0. The van der Waals surface area contributed by atoms with Gasteiger partial charge in [-0.05, 0) is 60.2 Å². The number of benzene rings is 9. The minimum absolute atomic E-state index is 0.224. The molecule has 13 rings (SSSR count). The van der Waals surface area contributed by atoms with Gasteiger partial charge >= 0.3 is 0 Å². The standard InChI is InChI=1S/C57H35N5O5S/c63-50-47(51(64)53(66)54(67)52(50)65)32-25-27-38-36-18-8-10-21-41(36)62(44(38)29-32)42-22-12-24-46-49(42)48-39(19-11-23-45(48)68-46)57-59-55(31-13-3-1-4-14-31)58-56(60-57)33-26-28-37-35-17-7-9-20-40(35)61(43(37)30-33)34-15-5-2-6-16-34/h1-30,63-67H. The van der Waals surface area contributed by atoms with Gasteiger partial charge in [0.1, 0.15) is 0 Å². The van der Waals surface area contributed by atoms with E-state index in [9.17, 15) is 25.5 Å². The predicted octanol–water partition coefficient (Wildman–Crippen LogP) is 13.6. The fraction of sp³-hybridized carbons (Fsp3) is 0. The summed E-state index contributed by atoms with van der Waals surface area (Å²) in [6, 6.07) is 61.1. The Morgan fingerprint density at radius 3 is 1.54 bits per heavy atom. The lowest BCUT2D eigenvalue weighted by atomic mass is 10.00. The van der Waals surface area contributed by atoms with Crippen molar-refractivity contribution in [2.24, 2.45) is 0 Å². The van der Waals surface area contributed by atoms with Crippen molar-refractivity contribution < 1.29 is 25.5 Å². The first kappa shape index (κ1) is 39.2. The highest BCUT2D eigenvalue weighted by molar-refractivity contribution is 7.26. The minimum atomic E-state index is -1.01. The quantitative estimate of drug-likeness (QED) is 0.0818. The molecule has 324 valence electrons. The Bertz CT molecular complexity index is 4190. The van der Waals surface area contributed by atoms with Crippen LogP contribution in [-0.2, 0) is 0 Å². The van der Waals surface area contributed by atoms with Crippen LogP contribution in [-0.4, -0.2) is 49.6 Å². The highest BCUT2D eigenvalue weighted by Gasteiger charge is 2.26. The van der Waals surface area contributed by atoms with Crippen molar-refractivity contribution in [2.45, 2.75) is 0 Å². The van der Waals surface area contributed by atoms with Crippen molar-refractivity contribution in [3.8, 4) is 85.4 Å². The molecular weight excluding hydrogens is 867 g/mol. The zero-order chi connectivity index (χ0) is 45.8. The average molecular weight is 902 g/mol. The molecular formula is C57H35N5O5S. The van der Waals surface area contributed by atoms with Gasteiger partial charge in [-0.2, -0.15) is 0 Å². The van der Waals surface area contributed by atoms with E-state index in [-0.39, 0.29) is 5.56 Å². The van der Waals surface area contributed by atoms with Crippen LogP contribution in [0, 0.1) is 0 Å². The van der Waals surface area contributed by atoms with Gasteiger partial charge in [-0.3, -0.25) is 0 Å². The zero-order valence-electron chi connectivity index (χ0n) is 35.7. The van der Waals surface area contributed by atoms with Crippen LogP contribution in [0.5, 0.6) is 28.7 Å². The van der Waals surface area contributed by atoms with Crippen LogP contribution >= 0.6 is 11.3 Å². The number of rotatable bonds is 6. The van der Waals surface area contributed by atoms with E-state index in [0.29, 0.717) is 23.0 Å². The van der Waals surface area contributed by atoms with Gasteiger partial charge in [0.25, 0.3) is 0 Å². The first-order valence-electron chi connectivity index (χ1n) is 21.9. The lowest BCUT2D eigenvalue weighted by molar-refractivity contribution is 0.330. The normalized spacial score (nSPS) is 11.8. The molecule has 11 heteroatoms. The van der Waals surface area contributed by atoms with E-state index >= 15 is 0 Å². The maximum atomic E-state index is 11.0. The number of fused-ring (bicyclic) bond motifs is 9. The predicted molar refractivity (Wildman–Crippen MR) is 271 cm³/mol. The smallest absolute Gasteiger partial charge is 0.208 e. The Kier molecular flexibility index (Phi) is 8.60. The van der Waals surface area contributed by atoms with Gasteiger partial charge < -0.3 is 34.7 Å². The van der Waals surface area contributed by atoms with Crippen molar-refractivity contribution in [2.75, 3.05) is 0 Å². The number of phenolic OH excluding ortho intramolecular Hbond substituents is 5. The summed E-state index contributed by atoms with van der Waals surface area (Å²) in [5.74, 6) is -2.83. The maximum absolute atomic E-state index is 11.0. The second kappa shape index (κ2) is 14.9. The minimum Gasteiger partial charge on any atom is -0.504 e. The second-order valence-corrected chi connectivity index (χ2v) is 17.8. The molecule has 0 atom stereocenters. The van der Waals surface area contributed by atoms with Crippen LogP contribution in [0.15, 0.2) is 182 Å². The summed E-state index contributed by atoms with van der Waals surface area (Å²) in [6.45, 7) is 0. The van der Waals surface area contributed by atoms with Gasteiger partial charge in [-0.25, -0.2) is 15.0 Å². The van der Waals surface area contributed by atoms with Gasteiger partial charge in [-0.15, -0.1) is 11.3 Å². The lowest BCUT2D eigenvalue weighted by Gasteiger charge is -2.14. The monoisotopic (exact) mass is 901 g/mol. The third-order valence-electron chi connectivity index (χ3n) is 12.9. The Labute approximate surface area is 390 Å². The number of aromatic nitrogens is 5. The fourth-order valence-electron chi connectivity index (χ4n) is 9.87. The van der Waals surface area contributed by atoms with Crippen molar-refractivity contribution >= 4 is 75.1 Å². The highest BCUT2D eigenvalue weighted by atomic mass is 32.1. The van der Waals surface area contributed by atoms with E-state index in [2.05, 4.69) is 106 Å². The molecule has 0 fully saturated rings. The topological polar surface area (TPSA) is 150 Å². The van der Waals surface area contributed by atoms with Crippen molar-refractivity contribution in [1.82, 2.24) is 24.1 Å². The molecule has 0 saturated carbocycles. The first-order valence-corrected chi connectivity index (χ1v) is 22.7. The number of hydrogen-bond acceptors (Lipinski definition) is 9. The van der Waals surface area contributed by atoms with Crippen molar-refractivity contribution in [3.05, 3.63) is 182 Å². The Hall–Kier alpha value is -9.19. The number of para-hydroxylation sites is 3. The second-order valence-electron chi connectivity index (χ2n) is 16.7. The number of hydrogen-bond donors (Lipinski definition) is 5. The molecule has 4 heterocycles. The number of phenols is 5. The van der Waals surface area contributed by atoms with Crippen LogP contribution in [0.4, 0.5) is 0 Å². The third-order valence-corrected chi connectivity index (χ3v) is 14.0. The molecule has 0 aliphatic carbocycles. The molecule has 0 aliphatic rings. The molecule has 0 spiro atoms. The molecule has 4 aromatic heterocycles. The first-order chi connectivity index (χ1) is 33.3. The summed E-state index contributed by atoms with van der Waals surface area (Å²) in [6.07, 6.45) is 0. The van der Waals surface area contributed by atoms with Gasteiger partial charge in [0.05, 0.1) is 33.3 Å². The van der Waals surface area contributed by atoms with Gasteiger partial charge in [-0.1, -0.05) is 127 Å². The Morgan fingerprint density at radius 2 is 0.853 bits per heavy atom. The van der Waals surface area contributed by atoms with Crippen molar-refractivity contribution in [1.29, 1.82) is 0 Å². The zero-order valence-corrected chi connectivity index (χ0v) is 36.5. The molecule has 5 N–H and O–H groups in total. The molecule has 0 radical (unpaired) electrons. The molecule has 13 aromatic rings. The van der Waals surface area contributed by atoms with Crippen LogP contribution in [0.25, 0.3) is 120 Å². The van der Waals surface area contributed by atoms with Gasteiger partial charge in [0, 0.05) is 64.1 Å². The molecule has 0 amide bonds. The van der Waals surface area contributed by atoms with Crippen LogP contribution < -0.4 is 0 Å². The third kappa shape index (κ3) is 5.79. The highest BCUT2D eigenvalue weighted by Crippen LogP contribution is 2.55. The average Bonchev–Trinajstić information content (AvgIpc) is 4.05. The number of thiophene rings is 1. The summed E-state index contributed by atoms with van der Waals surface area (Å²) in [4.78, 5) is 15.7. The molecule has 0 aliphatic heterocycles. The Morgan fingerprint density at radius 1 is 0.353 bits per heavy atom. The lowest BCUT2D eigenvalue weighted by Crippen LogP contribution is -2.01. The van der Waals surface area contributed by atoms with E-state index < -0.39 is 28.7 Å². The summed E-state index contributed by atoms with van der Waals surface area (Å²) >= 11 is 1.67. The molecule has 10 nitrogen and oxygen atoms in total. The summed E-state index contributed by atoms with van der Waals surface area (Å²) in [5, 5.41) is 59.4. The van der Waals surface area contributed by atoms with E-state index in [1.54, 1.807) is 23.5 Å². The van der Waals surface area contributed by atoms with E-state index in [1.165, 1.54) is 0 Å². The van der Waals surface area contributed by atoms with E-state index in [0.717, 1.165) is 91.8 Å². The molecule has 0 saturated heterocycles. The number of nitrogens with zero attached hydrogens (tertiary/aromatic N) is 5. The Balaban J connectivity index is 1.06. The molecule has 0 unspecified atom stereocenters. The summed E-state index contributed by atoms with van der Waals surface area (Å²) in [5.41, 5.74) is 8.31. The molecule has 68 heavy (non-hydrogen) atoms. The fourth-order valence-corrected chi connectivity index (χ4v) is 11.0. The number of aromatic hydroxyl groups is 5.